The van der Waals surface area contributed by atoms with Crippen LogP contribution in [-0.4, -0.2) is 31.2 Å². The molecule has 0 unspecified atom stereocenters. The van der Waals surface area contributed by atoms with Crippen LogP contribution < -0.4 is 4.74 Å². The average molecular weight is 431 g/mol. The second-order valence-corrected chi connectivity index (χ2v) is 7.63. The van der Waals surface area contributed by atoms with Crippen molar-refractivity contribution in [3.63, 3.8) is 0 Å². The zero-order chi connectivity index (χ0) is 22.3. The molecule has 10 heteroatoms. The van der Waals surface area contributed by atoms with Gasteiger partial charge < -0.3 is 9.26 Å². The first kappa shape index (κ1) is 20.8. The summed E-state index contributed by atoms with van der Waals surface area (Å²) in [5.41, 5.74) is 1.39. The van der Waals surface area contributed by atoms with Crippen molar-refractivity contribution in [2.24, 2.45) is 0 Å². The van der Waals surface area contributed by atoms with E-state index in [0.29, 0.717) is 11.1 Å². The first-order valence-electron chi connectivity index (χ1n) is 9.71. The van der Waals surface area contributed by atoms with Gasteiger partial charge in [0.1, 0.15) is 11.3 Å². The predicted molar refractivity (Wildman–Crippen MR) is 107 cm³/mol. The third-order valence-corrected chi connectivity index (χ3v) is 4.54. The summed E-state index contributed by atoms with van der Waals surface area (Å²) < 4.78 is 52.9. The van der Waals surface area contributed by atoms with Gasteiger partial charge >= 0.3 is 6.18 Å². The van der Waals surface area contributed by atoms with E-state index in [0.717, 1.165) is 11.6 Å². The molecule has 0 radical (unpaired) electrons. The maximum Gasteiger partial charge on any atom is 0.419 e. The van der Waals surface area contributed by atoms with E-state index in [2.05, 4.69) is 20.5 Å². The normalized spacial score (nSPS) is 12.3. The van der Waals surface area contributed by atoms with Crippen LogP contribution in [0, 0.1) is 0 Å². The SMILES string of the molecule is CC(C)Oc1ccc(-c2nc(-c3ccc4c(c3)nnn4C(C)C)no2)cc1C(F)(F)F. The molecule has 7 nitrogen and oxygen atoms in total. The number of halogens is 3. The summed E-state index contributed by atoms with van der Waals surface area (Å²) in [6, 6.07) is 9.22. The molecule has 0 saturated heterocycles. The van der Waals surface area contributed by atoms with Crippen LogP contribution in [0.2, 0.25) is 0 Å². The lowest BCUT2D eigenvalue weighted by Crippen LogP contribution is -2.13. The molecule has 2 aromatic carbocycles. The Hall–Kier alpha value is -3.43. The second kappa shape index (κ2) is 7.68. The van der Waals surface area contributed by atoms with Gasteiger partial charge in [0.05, 0.1) is 17.2 Å². The molecule has 0 atom stereocenters. The predicted octanol–water partition coefficient (Wildman–Crippen LogP) is 5.54. The van der Waals surface area contributed by atoms with Crippen LogP contribution in [0.3, 0.4) is 0 Å². The Bertz CT molecular complexity index is 1230. The van der Waals surface area contributed by atoms with E-state index in [4.69, 9.17) is 9.26 Å². The van der Waals surface area contributed by atoms with Gasteiger partial charge in [-0.3, -0.25) is 0 Å². The number of hydrogen-bond donors (Lipinski definition) is 0. The fourth-order valence-electron chi connectivity index (χ4n) is 3.16. The fraction of sp³-hybridized carbons (Fsp3) is 0.333. The Morgan fingerprint density at radius 2 is 1.74 bits per heavy atom. The summed E-state index contributed by atoms with van der Waals surface area (Å²) in [7, 11) is 0. The van der Waals surface area contributed by atoms with Crippen LogP contribution in [0.4, 0.5) is 13.2 Å². The van der Waals surface area contributed by atoms with Crippen molar-refractivity contribution in [2.45, 2.75) is 46.0 Å². The topological polar surface area (TPSA) is 78.9 Å². The molecular weight excluding hydrogens is 411 g/mol. The van der Waals surface area contributed by atoms with E-state index in [9.17, 15) is 13.2 Å². The van der Waals surface area contributed by atoms with Crippen molar-refractivity contribution in [1.29, 1.82) is 0 Å². The molecule has 0 spiro atoms. The highest BCUT2D eigenvalue weighted by Gasteiger charge is 2.35. The van der Waals surface area contributed by atoms with Gasteiger partial charge in [-0.15, -0.1) is 5.10 Å². The maximum atomic E-state index is 13.5. The number of benzene rings is 2. The molecule has 0 amide bonds. The molecule has 31 heavy (non-hydrogen) atoms. The maximum absolute atomic E-state index is 13.5. The molecule has 2 heterocycles. The molecule has 0 aliphatic heterocycles. The monoisotopic (exact) mass is 431 g/mol. The minimum atomic E-state index is -4.59. The number of hydrogen-bond acceptors (Lipinski definition) is 6. The summed E-state index contributed by atoms with van der Waals surface area (Å²) in [4.78, 5) is 4.27. The highest BCUT2D eigenvalue weighted by Crippen LogP contribution is 2.39. The fourth-order valence-corrected chi connectivity index (χ4v) is 3.16. The van der Waals surface area contributed by atoms with E-state index >= 15 is 0 Å². The Morgan fingerprint density at radius 3 is 2.42 bits per heavy atom. The number of fused-ring (bicyclic) bond motifs is 1. The van der Waals surface area contributed by atoms with Gasteiger partial charge in [-0.2, -0.15) is 18.2 Å². The Balaban J connectivity index is 1.69. The Labute approximate surface area is 175 Å². The van der Waals surface area contributed by atoms with E-state index in [1.165, 1.54) is 12.1 Å². The first-order valence-corrected chi connectivity index (χ1v) is 9.71. The van der Waals surface area contributed by atoms with Crippen LogP contribution in [0.1, 0.15) is 39.3 Å². The van der Waals surface area contributed by atoms with Gasteiger partial charge in [-0.25, -0.2) is 4.68 Å². The van der Waals surface area contributed by atoms with Gasteiger partial charge in [0.2, 0.25) is 5.82 Å². The molecule has 2 aromatic heterocycles. The summed E-state index contributed by atoms with van der Waals surface area (Å²) in [5, 5.41) is 12.2. The van der Waals surface area contributed by atoms with Crippen molar-refractivity contribution in [1.82, 2.24) is 25.1 Å². The van der Waals surface area contributed by atoms with Crippen LogP contribution >= 0.6 is 0 Å². The first-order chi connectivity index (χ1) is 14.6. The number of rotatable bonds is 5. The summed E-state index contributed by atoms with van der Waals surface area (Å²) in [6.07, 6.45) is -4.98. The zero-order valence-electron chi connectivity index (χ0n) is 17.3. The van der Waals surface area contributed by atoms with E-state index in [1.807, 2.05) is 19.9 Å². The van der Waals surface area contributed by atoms with Crippen LogP contribution in [0.15, 0.2) is 40.9 Å². The van der Waals surface area contributed by atoms with Crippen LogP contribution in [-0.2, 0) is 6.18 Å². The minimum Gasteiger partial charge on any atom is -0.490 e. The van der Waals surface area contributed by atoms with Gasteiger partial charge in [-0.05, 0) is 64.1 Å². The minimum absolute atomic E-state index is 0.0254. The standard InChI is InChI=1S/C21H20F3N5O2/c1-11(2)29-17-7-5-13(10-16(17)26-28-29)19-25-20(31-27-19)14-6-8-18(30-12(3)4)15(9-14)21(22,23)24/h5-12H,1-4H3. The Morgan fingerprint density at radius 1 is 1.00 bits per heavy atom. The van der Waals surface area contributed by atoms with Crippen molar-refractivity contribution < 1.29 is 22.4 Å². The van der Waals surface area contributed by atoms with Gasteiger partial charge in [0, 0.05) is 17.2 Å². The molecule has 0 fully saturated rings. The highest BCUT2D eigenvalue weighted by molar-refractivity contribution is 5.80. The summed E-state index contributed by atoms with van der Waals surface area (Å²) >= 11 is 0. The van der Waals surface area contributed by atoms with Crippen molar-refractivity contribution >= 4 is 11.0 Å². The van der Waals surface area contributed by atoms with Gasteiger partial charge in [0.15, 0.2) is 0 Å². The zero-order valence-corrected chi connectivity index (χ0v) is 17.3. The lowest BCUT2D eigenvalue weighted by Gasteiger charge is -2.16. The van der Waals surface area contributed by atoms with Crippen molar-refractivity contribution in [3.05, 3.63) is 42.0 Å². The third-order valence-electron chi connectivity index (χ3n) is 4.54. The van der Waals surface area contributed by atoms with E-state index in [1.54, 1.807) is 30.7 Å². The largest absolute Gasteiger partial charge is 0.490 e. The molecule has 0 N–H and O–H groups in total. The summed E-state index contributed by atoms with van der Waals surface area (Å²) in [5.74, 6) is -0.0285. The molecular formula is C21H20F3N5O2. The van der Waals surface area contributed by atoms with Gasteiger partial charge in [-0.1, -0.05) is 10.4 Å². The smallest absolute Gasteiger partial charge is 0.419 e. The number of nitrogens with zero attached hydrogens (tertiary/aromatic N) is 5. The lowest BCUT2D eigenvalue weighted by molar-refractivity contribution is -0.139. The van der Waals surface area contributed by atoms with Gasteiger partial charge in [0.25, 0.3) is 5.89 Å². The quantitative estimate of drug-likeness (QED) is 0.413. The third kappa shape index (κ3) is 4.10. The molecule has 162 valence electrons. The molecule has 4 aromatic rings. The lowest BCUT2D eigenvalue weighted by atomic mass is 10.1. The van der Waals surface area contributed by atoms with E-state index in [-0.39, 0.29) is 29.1 Å². The number of aromatic nitrogens is 5. The van der Waals surface area contributed by atoms with Crippen LogP contribution in [0.25, 0.3) is 33.9 Å². The van der Waals surface area contributed by atoms with Crippen molar-refractivity contribution in [3.8, 4) is 28.6 Å². The Kier molecular flexibility index (Phi) is 5.16. The van der Waals surface area contributed by atoms with Crippen molar-refractivity contribution in [2.75, 3.05) is 0 Å². The molecule has 0 saturated carbocycles. The summed E-state index contributed by atoms with van der Waals surface area (Å²) in [6.45, 7) is 7.32. The highest BCUT2D eigenvalue weighted by atomic mass is 19.4. The average Bonchev–Trinajstić information content (AvgIpc) is 3.34. The number of alkyl halides is 3. The molecule has 4 rings (SSSR count). The molecule has 0 aliphatic carbocycles. The second-order valence-electron chi connectivity index (χ2n) is 7.63. The van der Waals surface area contributed by atoms with E-state index < -0.39 is 17.8 Å². The molecule has 0 bridgehead atoms. The van der Waals surface area contributed by atoms with Crippen LogP contribution in [0.5, 0.6) is 5.75 Å². The molecule has 0 aliphatic rings. The number of ether oxygens (including phenoxy) is 1.